The molecule has 6 rings (SSSR count). The van der Waals surface area contributed by atoms with Crippen molar-refractivity contribution in [3.05, 3.63) is 151 Å². The van der Waals surface area contributed by atoms with Crippen LogP contribution >= 0.6 is 14.3 Å². The number of nitrogens with zero attached hydrogens (tertiary/aromatic N) is 1. The molecule has 2 amide bonds. The van der Waals surface area contributed by atoms with E-state index in [1.807, 2.05) is 0 Å². The van der Waals surface area contributed by atoms with Crippen LogP contribution in [-0.4, -0.2) is 23.1 Å². The van der Waals surface area contributed by atoms with Crippen molar-refractivity contribution in [2.45, 2.75) is 11.3 Å². The maximum Gasteiger partial charge on any atom is 0.246 e. The van der Waals surface area contributed by atoms with Gasteiger partial charge in [-0.05, 0) is 12.1 Å². The first-order valence-electron chi connectivity index (χ1n) is 13.4. The van der Waals surface area contributed by atoms with E-state index in [4.69, 9.17) is 0 Å². The Morgan fingerprint density at radius 3 is 1.05 bits per heavy atom. The van der Waals surface area contributed by atoms with Crippen LogP contribution in [0.25, 0.3) is 0 Å². The second kappa shape index (κ2) is 11.1. The summed E-state index contributed by atoms with van der Waals surface area (Å²) >= 11 is 0. The average molecular weight is 594 g/mol. The highest BCUT2D eigenvalue weighted by atomic mass is 31.2. The summed E-state index contributed by atoms with van der Waals surface area (Å²) in [5.41, 5.74) is -3.40. The van der Waals surface area contributed by atoms with Crippen LogP contribution in [0.4, 0.5) is 10.1 Å². The van der Waals surface area contributed by atoms with Gasteiger partial charge < -0.3 is 9.13 Å². The zero-order valence-electron chi connectivity index (χ0n) is 22.4. The van der Waals surface area contributed by atoms with Crippen LogP contribution in [-0.2, 0) is 18.7 Å². The first-order chi connectivity index (χ1) is 20.4. The second-order valence-corrected chi connectivity index (χ2v) is 15.8. The van der Waals surface area contributed by atoms with Crippen LogP contribution in [0, 0.1) is 5.82 Å². The molecule has 1 fully saturated rings. The molecule has 0 saturated carbocycles. The number of hydrogen-bond donors (Lipinski definition) is 0. The van der Waals surface area contributed by atoms with Crippen molar-refractivity contribution < 1.29 is 23.1 Å². The lowest BCUT2D eigenvalue weighted by Gasteiger charge is -2.32. The summed E-state index contributed by atoms with van der Waals surface area (Å²) in [5, 5.41) is 1.37. The number of carbonyl (C=O) groups is 2. The summed E-state index contributed by atoms with van der Waals surface area (Å²) in [5.74, 6) is -2.49. The number of imide groups is 1. The molecule has 0 radical (unpaired) electrons. The molecule has 0 aliphatic carbocycles. The van der Waals surface area contributed by atoms with E-state index in [0.29, 0.717) is 21.2 Å². The normalized spacial score (nSPS) is 17.4. The zero-order valence-corrected chi connectivity index (χ0v) is 24.2. The highest BCUT2D eigenvalue weighted by Crippen LogP contribution is 2.63. The molecule has 0 spiro atoms. The third kappa shape index (κ3) is 4.39. The molecule has 42 heavy (non-hydrogen) atoms. The van der Waals surface area contributed by atoms with E-state index in [1.165, 1.54) is 18.2 Å². The van der Waals surface area contributed by atoms with Gasteiger partial charge in [-0.25, -0.2) is 9.29 Å². The quantitative estimate of drug-likeness (QED) is 0.186. The predicted octanol–water partition coefficient (Wildman–Crippen LogP) is 5.46. The van der Waals surface area contributed by atoms with Gasteiger partial charge in [0.1, 0.15) is 17.1 Å². The summed E-state index contributed by atoms with van der Waals surface area (Å²) in [4.78, 5) is 30.0. The standard InChI is InChI=1S/C34H26FNO4P2/c35-29-23-13-14-24-30(29)36-33(37)31(41(39,25-15-5-1-6-16-25)26-17-7-2-8-18-26)32(34(36)38)42(40,27-19-9-3-10-20-27)28-21-11-4-12-22-28/h1-24,31-32H. The fourth-order valence-corrected chi connectivity index (χ4v) is 13.1. The van der Waals surface area contributed by atoms with Gasteiger partial charge in [0, 0.05) is 21.2 Å². The van der Waals surface area contributed by atoms with Crippen molar-refractivity contribution in [3.8, 4) is 0 Å². The molecule has 0 aromatic heterocycles. The second-order valence-electron chi connectivity index (χ2n) is 10.0. The minimum atomic E-state index is -4.04. The molecular formula is C34H26FNO4P2. The molecule has 0 bridgehead atoms. The molecule has 2 atom stereocenters. The summed E-state index contributed by atoms with van der Waals surface area (Å²) < 4.78 is 46.7. The smallest absolute Gasteiger partial charge is 0.246 e. The van der Waals surface area contributed by atoms with Gasteiger partial charge in [-0.15, -0.1) is 0 Å². The van der Waals surface area contributed by atoms with Crippen LogP contribution in [0.5, 0.6) is 0 Å². The molecular weight excluding hydrogens is 567 g/mol. The number of carbonyl (C=O) groups excluding carboxylic acids is 2. The van der Waals surface area contributed by atoms with Crippen LogP contribution in [0.2, 0.25) is 0 Å². The Balaban J connectivity index is 1.71. The van der Waals surface area contributed by atoms with Gasteiger partial charge in [0.15, 0.2) is 14.3 Å². The molecule has 1 saturated heterocycles. The third-order valence-electron chi connectivity index (χ3n) is 7.68. The maximum atomic E-state index is 15.7. The average Bonchev–Trinajstić information content (AvgIpc) is 3.32. The molecule has 5 nitrogen and oxygen atoms in total. The Morgan fingerprint density at radius 2 is 0.738 bits per heavy atom. The Bertz CT molecular complexity index is 1650. The van der Waals surface area contributed by atoms with E-state index in [2.05, 4.69) is 0 Å². The third-order valence-corrected chi connectivity index (χ3v) is 14.8. The molecule has 2 unspecified atom stereocenters. The van der Waals surface area contributed by atoms with Gasteiger partial charge in [-0.1, -0.05) is 133 Å². The van der Waals surface area contributed by atoms with E-state index in [0.717, 1.165) is 11.0 Å². The first-order valence-corrected chi connectivity index (χ1v) is 17.0. The van der Waals surface area contributed by atoms with E-state index < -0.39 is 43.2 Å². The van der Waals surface area contributed by atoms with Crippen molar-refractivity contribution in [1.29, 1.82) is 0 Å². The Morgan fingerprint density at radius 1 is 0.452 bits per heavy atom. The molecule has 5 aromatic rings. The lowest BCUT2D eigenvalue weighted by molar-refractivity contribution is -0.121. The van der Waals surface area contributed by atoms with E-state index >= 15 is 13.5 Å². The Kier molecular flexibility index (Phi) is 7.36. The number of hydrogen-bond acceptors (Lipinski definition) is 4. The van der Waals surface area contributed by atoms with Crippen LogP contribution in [0.1, 0.15) is 0 Å². The monoisotopic (exact) mass is 593 g/mol. The fraction of sp³-hybridized carbons (Fsp3) is 0.0588. The van der Waals surface area contributed by atoms with Crippen molar-refractivity contribution in [1.82, 2.24) is 0 Å². The lowest BCUT2D eigenvalue weighted by atomic mass is 10.3. The van der Waals surface area contributed by atoms with Gasteiger partial charge in [-0.2, -0.15) is 0 Å². The topological polar surface area (TPSA) is 71.5 Å². The van der Waals surface area contributed by atoms with Crippen molar-refractivity contribution in [3.63, 3.8) is 0 Å². The molecule has 5 aromatic carbocycles. The molecule has 1 aliphatic heterocycles. The van der Waals surface area contributed by atoms with Gasteiger partial charge >= 0.3 is 0 Å². The van der Waals surface area contributed by atoms with Crippen molar-refractivity contribution >= 4 is 53.0 Å². The van der Waals surface area contributed by atoms with E-state index in [-0.39, 0.29) is 5.69 Å². The summed E-state index contributed by atoms with van der Waals surface area (Å²) in [6.45, 7) is 0. The number of rotatable bonds is 7. The number of benzene rings is 5. The molecule has 0 N–H and O–H groups in total. The van der Waals surface area contributed by atoms with Gasteiger partial charge in [-0.3, -0.25) is 9.59 Å². The number of amides is 2. The molecule has 1 heterocycles. The highest BCUT2D eigenvalue weighted by Gasteiger charge is 2.64. The lowest BCUT2D eigenvalue weighted by Crippen LogP contribution is -2.41. The van der Waals surface area contributed by atoms with E-state index in [9.17, 15) is 9.59 Å². The maximum absolute atomic E-state index is 15.7. The summed E-state index contributed by atoms with van der Waals surface area (Å²) in [7, 11) is -8.08. The fourth-order valence-electron chi connectivity index (χ4n) is 5.76. The van der Waals surface area contributed by atoms with Crippen LogP contribution in [0.15, 0.2) is 146 Å². The minimum absolute atomic E-state index is 0.264. The number of anilines is 1. The predicted molar refractivity (Wildman–Crippen MR) is 166 cm³/mol. The van der Waals surface area contributed by atoms with Crippen molar-refractivity contribution in [2.24, 2.45) is 0 Å². The molecule has 1 aliphatic rings. The van der Waals surface area contributed by atoms with E-state index in [1.54, 1.807) is 121 Å². The van der Waals surface area contributed by atoms with Gasteiger partial charge in [0.2, 0.25) is 11.8 Å². The SMILES string of the molecule is O=C1C(P(=O)(c2ccccc2)c2ccccc2)C(P(=O)(c2ccccc2)c2ccccc2)C(=O)N1c1ccccc1F. The highest BCUT2D eigenvalue weighted by molar-refractivity contribution is 7.84. The number of halogens is 1. The Hall–Kier alpha value is -4.37. The summed E-state index contributed by atoms with van der Waals surface area (Å²) in [6.07, 6.45) is 0. The molecule has 208 valence electrons. The summed E-state index contributed by atoms with van der Waals surface area (Å²) in [6, 6.07) is 39.5. The zero-order chi connectivity index (χ0) is 29.3. The first kappa shape index (κ1) is 27.8. The Labute approximate surface area is 243 Å². The molecule has 8 heteroatoms. The van der Waals surface area contributed by atoms with Gasteiger partial charge in [0.25, 0.3) is 0 Å². The van der Waals surface area contributed by atoms with Crippen LogP contribution in [0.3, 0.4) is 0 Å². The number of para-hydroxylation sites is 1. The largest absolute Gasteiger partial charge is 0.313 e. The van der Waals surface area contributed by atoms with Crippen molar-refractivity contribution in [2.75, 3.05) is 4.90 Å². The van der Waals surface area contributed by atoms with Crippen LogP contribution < -0.4 is 26.1 Å². The van der Waals surface area contributed by atoms with Gasteiger partial charge in [0.05, 0.1) is 5.69 Å². The minimum Gasteiger partial charge on any atom is -0.313 e.